The van der Waals surface area contributed by atoms with E-state index in [1.165, 1.54) is 6.33 Å². The fraction of sp³-hybridized carbons (Fsp3) is 0.600. The highest BCUT2D eigenvalue weighted by molar-refractivity contribution is 5.95. The van der Waals surface area contributed by atoms with Gasteiger partial charge in [0.05, 0.1) is 36.9 Å². The summed E-state index contributed by atoms with van der Waals surface area (Å²) >= 11 is 0. The first-order chi connectivity index (χ1) is 16.6. The molecular weight excluding hydrogens is 432 g/mol. The summed E-state index contributed by atoms with van der Waals surface area (Å²) in [7, 11) is 0. The quantitative estimate of drug-likeness (QED) is 0.731. The molecule has 1 N–H and O–H groups in total. The zero-order chi connectivity index (χ0) is 23.5. The zero-order valence-corrected chi connectivity index (χ0v) is 19.7. The SMILES string of the molecule is C[C@@H]1CN(c2ccc(C#N)c3ncncc23)C[C@H](C(=O)NC2CCC(N3CCOCC3)CC2)O1. The molecule has 2 saturated heterocycles. The highest BCUT2D eigenvalue weighted by atomic mass is 16.5. The highest BCUT2D eigenvalue weighted by Crippen LogP contribution is 2.30. The van der Waals surface area contributed by atoms with Crippen molar-refractivity contribution in [3.8, 4) is 6.07 Å². The lowest BCUT2D eigenvalue weighted by Gasteiger charge is -2.40. The van der Waals surface area contributed by atoms with Crippen LogP contribution in [0.1, 0.15) is 38.2 Å². The van der Waals surface area contributed by atoms with E-state index >= 15 is 0 Å². The van der Waals surface area contributed by atoms with Crippen LogP contribution in [0.2, 0.25) is 0 Å². The average Bonchev–Trinajstić information content (AvgIpc) is 2.88. The van der Waals surface area contributed by atoms with Gasteiger partial charge in [-0.25, -0.2) is 9.97 Å². The van der Waals surface area contributed by atoms with Crippen LogP contribution in [-0.4, -0.2) is 84.5 Å². The van der Waals surface area contributed by atoms with Gasteiger partial charge < -0.3 is 19.7 Å². The third kappa shape index (κ3) is 4.85. The first kappa shape index (κ1) is 23.0. The predicted molar refractivity (Wildman–Crippen MR) is 127 cm³/mol. The van der Waals surface area contributed by atoms with Crippen molar-refractivity contribution in [2.75, 3.05) is 44.3 Å². The van der Waals surface area contributed by atoms with Gasteiger partial charge in [-0.05, 0) is 44.7 Å². The lowest BCUT2D eigenvalue weighted by atomic mass is 9.89. The molecule has 1 saturated carbocycles. The van der Waals surface area contributed by atoms with Gasteiger partial charge in [-0.1, -0.05) is 0 Å². The lowest BCUT2D eigenvalue weighted by Crippen LogP contribution is -2.55. The lowest BCUT2D eigenvalue weighted by molar-refractivity contribution is -0.138. The molecule has 0 spiro atoms. The van der Waals surface area contributed by atoms with Crippen LogP contribution < -0.4 is 10.2 Å². The van der Waals surface area contributed by atoms with Crippen LogP contribution >= 0.6 is 0 Å². The summed E-state index contributed by atoms with van der Waals surface area (Å²) in [5, 5.41) is 13.5. The van der Waals surface area contributed by atoms with Crippen LogP contribution in [0.15, 0.2) is 24.7 Å². The van der Waals surface area contributed by atoms with Crippen LogP contribution in [0.5, 0.6) is 0 Å². The molecule has 9 heteroatoms. The third-order valence-corrected chi connectivity index (χ3v) is 7.27. The Labute approximate surface area is 200 Å². The first-order valence-corrected chi connectivity index (χ1v) is 12.3. The topological polar surface area (TPSA) is 104 Å². The van der Waals surface area contributed by atoms with Crippen molar-refractivity contribution in [2.24, 2.45) is 0 Å². The Balaban J connectivity index is 1.23. The first-order valence-electron chi connectivity index (χ1n) is 12.3. The molecule has 3 heterocycles. The van der Waals surface area contributed by atoms with E-state index in [1.807, 2.05) is 13.0 Å². The van der Waals surface area contributed by atoms with Gasteiger partial charge in [0.2, 0.25) is 0 Å². The number of nitrogens with zero attached hydrogens (tertiary/aromatic N) is 5. The largest absolute Gasteiger partial charge is 0.379 e. The number of anilines is 1. The Kier molecular flexibility index (Phi) is 6.90. The number of benzene rings is 1. The Bertz CT molecular complexity index is 1060. The summed E-state index contributed by atoms with van der Waals surface area (Å²) in [6.45, 7) is 6.78. The van der Waals surface area contributed by atoms with E-state index in [0.29, 0.717) is 30.2 Å². The summed E-state index contributed by atoms with van der Waals surface area (Å²) < 4.78 is 11.5. The monoisotopic (exact) mass is 464 g/mol. The summed E-state index contributed by atoms with van der Waals surface area (Å²) in [5.41, 5.74) is 2.07. The van der Waals surface area contributed by atoms with Gasteiger partial charge in [0.25, 0.3) is 5.91 Å². The summed E-state index contributed by atoms with van der Waals surface area (Å²) in [4.78, 5) is 26.4. The molecule has 0 bridgehead atoms. The minimum atomic E-state index is -0.545. The van der Waals surface area contributed by atoms with E-state index in [0.717, 1.165) is 63.1 Å². The van der Waals surface area contributed by atoms with Crippen LogP contribution in [0.25, 0.3) is 10.9 Å². The minimum absolute atomic E-state index is 0.0411. The number of carbonyl (C=O) groups is 1. The van der Waals surface area contributed by atoms with Crippen molar-refractivity contribution in [3.05, 3.63) is 30.2 Å². The van der Waals surface area contributed by atoms with Gasteiger partial charge in [0.15, 0.2) is 6.10 Å². The number of morpholine rings is 2. The van der Waals surface area contributed by atoms with Crippen molar-refractivity contribution in [1.29, 1.82) is 5.26 Å². The second-order valence-corrected chi connectivity index (χ2v) is 9.53. The maximum absolute atomic E-state index is 13.2. The molecule has 0 radical (unpaired) electrons. The third-order valence-electron chi connectivity index (χ3n) is 7.27. The van der Waals surface area contributed by atoms with E-state index in [4.69, 9.17) is 9.47 Å². The predicted octanol–water partition coefficient (Wildman–Crippen LogP) is 1.85. The molecule has 2 aromatic rings. The molecule has 1 aromatic heterocycles. The number of carbonyl (C=O) groups excluding carboxylic acids is 1. The van der Waals surface area contributed by atoms with Gasteiger partial charge in [-0.15, -0.1) is 0 Å². The van der Waals surface area contributed by atoms with E-state index in [9.17, 15) is 10.1 Å². The molecule has 1 amide bonds. The Hall–Kier alpha value is -2.80. The second-order valence-electron chi connectivity index (χ2n) is 9.53. The summed E-state index contributed by atoms with van der Waals surface area (Å²) in [6.07, 6.45) is 6.76. The number of nitriles is 1. The number of aromatic nitrogens is 2. The van der Waals surface area contributed by atoms with Crippen molar-refractivity contribution in [2.45, 2.75) is 56.9 Å². The Morgan fingerprint density at radius 2 is 1.97 bits per heavy atom. The Morgan fingerprint density at radius 3 is 2.74 bits per heavy atom. The summed E-state index contributed by atoms with van der Waals surface area (Å²) in [5.74, 6) is -0.0411. The minimum Gasteiger partial charge on any atom is -0.379 e. The van der Waals surface area contributed by atoms with Crippen molar-refractivity contribution < 1.29 is 14.3 Å². The second kappa shape index (κ2) is 10.2. The molecule has 2 aliphatic heterocycles. The fourth-order valence-electron chi connectivity index (χ4n) is 5.54. The van der Waals surface area contributed by atoms with Gasteiger partial charge in [-0.2, -0.15) is 5.26 Å². The smallest absolute Gasteiger partial charge is 0.251 e. The van der Waals surface area contributed by atoms with Crippen LogP contribution in [0.3, 0.4) is 0 Å². The molecule has 1 aromatic carbocycles. The molecule has 5 rings (SSSR count). The number of hydrogen-bond acceptors (Lipinski definition) is 8. The molecule has 0 unspecified atom stereocenters. The number of nitrogens with one attached hydrogen (secondary N) is 1. The van der Waals surface area contributed by atoms with Crippen LogP contribution in [0, 0.1) is 11.3 Å². The van der Waals surface area contributed by atoms with Gasteiger partial charge in [0, 0.05) is 49.0 Å². The number of hydrogen-bond donors (Lipinski definition) is 1. The average molecular weight is 465 g/mol. The van der Waals surface area contributed by atoms with Crippen LogP contribution in [0.4, 0.5) is 5.69 Å². The molecular formula is C25H32N6O3. The number of ether oxygens (including phenoxy) is 2. The number of amides is 1. The number of fused-ring (bicyclic) bond motifs is 1. The van der Waals surface area contributed by atoms with Gasteiger partial charge in [-0.3, -0.25) is 9.69 Å². The zero-order valence-electron chi connectivity index (χ0n) is 19.7. The molecule has 9 nitrogen and oxygen atoms in total. The maximum Gasteiger partial charge on any atom is 0.251 e. The Morgan fingerprint density at radius 1 is 1.18 bits per heavy atom. The van der Waals surface area contributed by atoms with Crippen molar-refractivity contribution in [3.63, 3.8) is 0 Å². The molecule has 3 fully saturated rings. The normalized spacial score (nSPS) is 28.4. The van der Waals surface area contributed by atoms with E-state index < -0.39 is 6.10 Å². The van der Waals surface area contributed by atoms with E-state index in [2.05, 4.69) is 31.2 Å². The highest BCUT2D eigenvalue weighted by Gasteiger charge is 2.34. The number of rotatable bonds is 4. The van der Waals surface area contributed by atoms with E-state index in [1.54, 1.807) is 12.3 Å². The fourth-order valence-corrected chi connectivity index (χ4v) is 5.54. The standard InChI is InChI=1S/C25H32N6O3/c1-17-14-31(22-7-2-18(12-26)24-21(22)13-27-16-28-24)15-23(34-17)25(32)29-19-3-5-20(6-4-19)30-8-10-33-11-9-30/h2,7,13,16-17,19-20,23H,3-6,8-11,14-15H2,1H3,(H,29,32)/t17-,19?,20?,23-/m1/s1. The molecule has 2 atom stereocenters. The van der Waals surface area contributed by atoms with Gasteiger partial charge >= 0.3 is 0 Å². The molecule has 3 aliphatic rings. The summed E-state index contributed by atoms with van der Waals surface area (Å²) in [6, 6.07) is 6.70. The molecule has 34 heavy (non-hydrogen) atoms. The van der Waals surface area contributed by atoms with Crippen LogP contribution in [-0.2, 0) is 14.3 Å². The molecule has 1 aliphatic carbocycles. The molecule has 180 valence electrons. The van der Waals surface area contributed by atoms with Crippen molar-refractivity contribution >= 4 is 22.5 Å². The van der Waals surface area contributed by atoms with Gasteiger partial charge in [0.1, 0.15) is 12.4 Å². The maximum atomic E-state index is 13.2. The van der Waals surface area contributed by atoms with E-state index in [-0.39, 0.29) is 18.1 Å². The van der Waals surface area contributed by atoms with Crippen molar-refractivity contribution in [1.82, 2.24) is 20.2 Å².